The number of hydrogen-bond acceptors (Lipinski definition) is 4. The molecule has 5 heteroatoms. The molecular formula is C11H14N2O3. The van der Waals surface area contributed by atoms with E-state index >= 15 is 0 Å². The summed E-state index contributed by atoms with van der Waals surface area (Å²) in [4.78, 5) is 21.2. The molecule has 86 valence electrons. The first-order chi connectivity index (χ1) is 7.63. The maximum atomic E-state index is 10.6. The first-order valence-corrected chi connectivity index (χ1v) is 4.87. The Kier molecular flexibility index (Phi) is 4.47. The number of para-hydroxylation sites is 1. The van der Waals surface area contributed by atoms with Gasteiger partial charge in [-0.2, -0.15) is 0 Å². The zero-order valence-corrected chi connectivity index (χ0v) is 8.67. The second-order valence-corrected chi connectivity index (χ2v) is 3.43. The first kappa shape index (κ1) is 12.2. The van der Waals surface area contributed by atoms with Crippen LogP contribution in [0.5, 0.6) is 0 Å². The van der Waals surface area contributed by atoms with E-state index in [1.165, 1.54) is 0 Å². The Morgan fingerprint density at radius 1 is 1.44 bits per heavy atom. The smallest absolute Gasteiger partial charge is 0.305 e. The van der Waals surface area contributed by atoms with E-state index in [-0.39, 0.29) is 6.42 Å². The maximum Gasteiger partial charge on any atom is 0.305 e. The van der Waals surface area contributed by atoms with Gasteiger partial charge >= 0.3 is 5.97 Å². The van der Waals surface area contributed by atoms with E-state index in [4.69, 9.17) is 10.8 Å². The van der Waals surface area contributed by atoms with Gasteiger partial charge in [-0.15, -0.1) is 0 Å². The molecule has 0 bridgehead atoms. The molecule has 4 N–H and O–H groups in total. The second-order valence-electron chi connectivity index (χ2n) is 3.43. The molecule has 0 aromatic heterocycles. The summed E-state index contributed by atoms with van der Waals surface area (Å²) in [6, 6.07) is 7.60. The quantitative estimate of drug-likeness (QED) is 0.608. The van der Waals surface area contributed by atoms with Gasteiger partial charge in [-0.3, -0.25) is 4.79 Å². The van der Waals surface area contributed by atoms with E-state index in [1.54, 1.807) is 12.1 Å². The third-order valence-electron chi connectivity index (χ3n) is 2.14. The number of aliphatic carboxylic acids is 1. The average molecular weight is 222 g/mol. The number of carbonyl (C=O) groups is 2. The summed E-state index contributed by atoms with van der Waals surface area (Å²) < 4.78 is 0. The molecule has 0 fully saturated rings. The van der Waals surface area contributed by atoms with E-state index in [0.29, 0.717) is 6.29 Å². The fourth-order valence-electron chi connectivity index (χ4n) is 1.31. The van der Waals surface area contributed by atoms with Crippen molar-refractivity contribution >= 4 is 17.9 Å². The third kappa shape index (κ3) is 3.70. The molecular weight excluding hydrogens is 208 g/mol. The molecule has 0 heterocycles. The summed E-state index contributed by atoms with van der Waals surface area (Å²) in [6.07, 6.45) is 0.346. The summed E-state index contributed by atoms with van der Waals surface area (Å²) in [7, 11) is 0. The van der Waals surface area contributed by atoms with Gasteiger partial charge in [0, 0.05) is 5.69 Å². The highest BCUT2D eigenvalue weighted by atomic mass is 16.4. The molecule has 1 rings (SSSR count). The van der Waals surface area contributed by atoms with Crippen molar-refractivity contribution in [3.8, 4) is 0 Å². The second kappa shape index (κ2) is 5.87. The molecule has 0 aliphatic heterocycles. The minimum atomic E-state index is -0.995. The van der Waals surface area contributed by atoms with Crippen LogP contribution in [-0.2, 0) is 9.59 Å². The van der Waals surface area contributed by atoms with Crippen molar-refractivity contribution in [3.05, 3.63) is 30.3 Å². The van der Waals surface area contributed by atoms with E-state index < -0.39 is 18.1 Å². The number of aldehydes is 1. The Labute approximate surface area is 93.3 Å². The predicted molar refractivity (Wildman–Crippen MR) is 60.1 cm³/mol. The van der Waals surface area contributed by atoms with Gasteiger partial charge in [0.15, 0.2) is 0 Å². The topological polar surface area (TPSA) is 92.4 Å². The number of benzene rings is 1. The highest BCUT2D eigenvalue weighted by Gasteiger charge is 2.20. The highest BCUT2D eigenvalue weighted by Crippen LogP contribution is 2.10. The molecule has 5 nitrogen and oxygen atoms in total. The zero-order valence-electron chi connectivity index (χ0n) is 8.67. The lowest BCUT2D eigenvalue weighted by atomic mass is 10.1. The summed E-state index contributed by atoms with van der Waals surface area (Å²) in [5.41, 5.74) is 6.26. The standard InChI is InChI=1S/C11H14N2O3/c12-9(7-14)10(6-11(15)16)13-8-4-2-1-3-5-8/h1-5,7,9-10,13H,6,12H2,(H,15,16)/t9-,10?/m1/s1. The zero-order chi connectivity index (χ0) is 12.0. The number of carbonyl (C=O) groups excluding carboxylic acids is 1. The van der Waals surface area contributed by atoms with Gasteiger partial charge in [0.05, 0.1) is 18.5 Å². The third-order valence-corrected chi connectivity index (χ3v) is 2.14. The number of nitrogens with one attached hydrogen (secondary N) is 1. The number of rotatable bonds is 6. The number of carboxylic acids is 1. The van der Waals surface area contributed by atoms with Gasteiger partial charge in [0.25, 0.3) is 0 Å². The summed E-state index contributed by atoms with van der Waals surface area (Å²) in [5, 5.41) is 11.6. The molecule has 0 saturated heterocycles. The molecule has 0 amide bonds. The monoisotopic (exact) mass is 222 g/mol. The van der Waals surface area contributed by atoms with Gasteiger partial charge in [0.1, 0.15) is 6.29 Å². The van der Waals surface area contributed by atoms with Gasteiger partial charge < -0.3 is 21.0 Å². The van der Waals surface area contributed by atoms with Crippen molar-refractivity contribution in [3.63, 3.8) is 0 Å². The van der Waals surface area contributed by atoms with Gasteiger partial charge in [-0.25, -0.2) is 0 Å². The SMILES string of the molecule is N[C@H](C=O)C(CC(=O)O)Nc1ccccc1. The Balaban J connectivity index is 2.70. The molecule has 2 atom stereocenters. The van der Waals surface area contributed by atoms with Crippen molar-refractivity contribution < 1.29 is 14.7 Å². The Morgan fingerprint density at radius 3 is 2.56 bits per heavy atom. The largest absolute Gasteiger partial charge is 0.481 e. The Bertz CT molecular complexity index is 354. The number of anilines is 1. The van der Waals surface area contributed by atoms with Crippen LogP contribution in [0.25, 0.3) is 0 Å². The fraction of sp³-hybridized carbons (Fsp3) is 0.273. The van der Waals surface area contributed by atoms with Crippen LogP contribution in [0.1, 0.15) is 6.42 Å². The van der Waals surface area contributed by atoms with Crippen LogP contribution in [0.3, 0.4) is 0 Å². The van der Waals surface area contributed by atoms with Crippen molar-refractivity contribution in [1.29, 1.82) is 0 Å². The average Bonchev–Trinajstić information content (AvgIpc) is 2.28. The minimum absolute atomic E-state index is 0.200. The lowest BCUT2D eigenvalue weighted by molar-refractivity contribution is -0.137. The summed E-state index contributed by atoms with van der Waals surface area (Å²) in [5.74, 6) is -0.995. The van der Waals surface area contributed by atoms with Crippen LogP contribution in [0, 0.1) is 0 Å². The Hall–Kier alpha value is -1.88. The number of hydrogen-bond donors (Lipinski definition) is 3. The molecule has 1 unspecified atom stereocenters. The lowest BCUT2D eigenvalue weighted by Crippen LogP contribution is -2.42. The highest BCUT2D eigenvalue weighted by molar-refractivity contribution is 5.71. The molecule has 0 aliphatic rings. The predicted octanol–water partition coefficient (Wildman–Crippen LogP) is 0.468. The van der Waals surface area contributed by atoms with E-state index in [9.17, 15) is 9.59 Å². The van der Waals surface area contributed by atoms with Crippen LogP contribution in [0.15, 0.2) is 30.3 Å². The molecule has 0 aliphatic carbocycles. The van der Waals surface area contributed by atoms with Crippen molar-refractivity contribution in [1.82, 2.24) is 0 Å². The number of carboxylic acid groups (broad SMARTS) is 1. The molecule has 1 aromatic carbocycles. The van der Waals surface area contributed by atoms with Crippen molar-refractivity contribution in [2.24, 2.45) is 5.73 Å². The van der Waals surface area contributed by atoms with Gasteiger partial charge in [-0.1, -0.05) is 18.2 Å². The van der Waals surface area contributed by atoms with Crippen LogP contribution in [-0.4, -0.2) is 29.4 Å². The van der Waals surface area contributed by atoms with E-state index in [1.807, 2.05) is 18.2 Å². The Morgan fingerprint density at radius 2 is 2.06 bits per heavy atom. The van der Waals surface area contributed by atoms with Gasteiger partial charge in [-0.05, 0) is 12.1 Å². The first-order valence-electron chi connectivity index (χ1n) is 4.87. The van der Waals surface area contributed by atoms with E-state index in [2.05, 4.69) is 5.32 Å². The minimum Gasteiger partial charge on any atom is -0.481 e. The molecule has 16 heavy (non-hydrogen) atoms. The van der Waals surface area contributed by atoms with Crippen molar-refractivity contribution in [2.75, 3.05) is 5.32 Å². The molecule has 0 radical (unpaired) electrons. The van der Waals surface area contributed by atoms with Crippen molar-refractivity contribution in [2.45, 2.75) is 18.5 Å². The fourth-order valence-corrected chi connectivity index (χ4v) is 1.31. The van der Waals surface area contributed by atoms with Crippen LogP contribution >= 0.6 is 0 Å². The summed E-state index contributed by atoms with van der Waals surface area (Å²) >= 11 is 0. The normalized spacial score (nSPS) is 13.8. The molecule has 0 saturated carbocycles. The lowest BCUT2D eigenvalue weighted by Gasteiger charge is -2.20. The van der Waals surface area contributed by atoms with Gasteiger partial charge in [0.2, 0.25) is 0 Å². The maximum absolute atomic E-state index is 10.6. The molecule has 1 aromatic rings. The number of nitrogens with two attached hydrogens (primary N) is 1. The summed E-state index contributed by atoms with van der Waals surface area (Å²) in [6.45, 7) is 0. The van der Waals surface area contributed by atoms with Crippen LogP contribution < -0.4 is 11.1 Å². The van der Waals surface area contributed by atoms with Crippen LogP contribution in [0.4, 0.5) is 5.69 Å². The van der Waals surface area contributed by atoms with E-state index in [0.717, 1.165) is 5.69 Å². The molecule has 0 spiro atoms. The van der Waals surface area contributed by atoms with Crippen LogP contribution in [0.2, 0.25) is 0 Å².